The summed E-state index contributed by atoms with van der Waals surface area (Å²) in [5.74, 6) is -0.0518. The minimum atomic E-state index is -0.366. The Kier molecular flexibility index (Phi) is 3.79. The fourth-order valence-electron chi connectivity index (χ4n) is 2.31. The van der Waals surface area contributed by atoms with E-state index in [-0.39, 0.29) is 11.9 Å². The number of amides is 1. The highest BCUT2D eigenvalue weighted by atomic mass is 32.1. The van der Waals surface area contributed by atoms with Crippen LogP contribution in [-0.2, 0) is 24.2 Å². The van der Waals surface area contributed by atoms with Gasteiger partial charge in [-0.3, -0.25) is 4.79 Å². The first-order chi connectivity index (χ1) is 9.78. The van der Waals surface area contributed by atoms with E-state index in [9.17, 15) is 4.79 Å². The fraction of sp³-hybridized carbons (Fsp3) is 0.462. The number of carbonyl (C=O) groups is 1. The molecule has 1 unspecified atom stereocenters. The summed E-state index contributed by atoms with van der Waals surface area (Å²) in [6.07, 6.45) is 3.45. The summed E-state index contributed by atoms with van der Waals surface area (Å²) in [7, 11) is 0. The Hall–Kier alpha value is -1.73. The van der Waals surface area contributed by atoms with Crippen LogP contribution in [0.5, 0.6) is 0 Å². The lowest BCUT2D eigenvalue weighted by Gasteiger charge is -2.21. The number of carbonyl (C=O) groups excluding carboxylic acids is 1. The highest BCUT2D eigenvalue weighted by Crippen LogP contribution is 2.19. The number of aromatic amines is 1. The number of hydrogen-bond donors (Lipinski definition) is 3. The van der Waals surface area contributed by atoms with Crippen molar-refractivity contribution in [2.75, 3.05) is 6.54 Å². The SMILES string of the molecule is CCc1nc(CNC(=O)C2NCCc3[nH]cnc32)cs1. The van der Waals surface area contributed by atoms with Gasteiger partial charge in [-0.2, -0.15) is 0 Å². The molecule has 106 valence electrons. The molecule has 1 aliphatic rings. The molecule has 2 aromatic rings. The van der Waals surface area contributed by atoms with Gasteiger partial charge in [0.2, 0.25) is 5.91 Å². The normalized spacial score (nSPS) is 17.8. The number of rotatable bonds is 4. The summed E-state index contributed by atoms with van der Waals surface area (Å²) >= 11 is 1.63. The fourth-order valence-corrected chi connectivity index (χ4v) is 3.05. The van der Waals surface area contributed by atoms with Crippen LogP contribution in [0.2, 0.25) is 0 Å². The molecular weight excluding hydrogens is 274 g/mol. The van der Waals surface area contributed by atoms with E-state index in [0.717, 1.165) is 41.5 Å². The first-order valence-electron chi connectivity index (χ1n) is 6.74. The van der Waals surface area contributed by atoms with E-state index >= 15 is 0 Å². The molecule has 1 aliphatic heterocycles. The molecule has 0 saturated carbocycles. The molecule has 1 amide bonds. The van der Waals surface area contributed by atoms with Gasteiger partial charge in [-0.25, -0.2) is 9.97 Å². The van der Waals surface area contributed by atoms with E-state index < -0.39 is 0 Å². The molecule has 0 saturated heterocycles. The third-order valence-corrected chi connectivity index (χ3v) is 4.40. The molecule has 0 aromatic carbocycles. The molecule has 0 spiro atoms. The smallest absolute Gasteiger partial charge is 0.243 e. The van der Waals surface area contributed by atoms with Crippen LogP contribution in [0, 0.1) is 0 Å². The maximum Gasteiger partial charge on any atom is 0.243 e. The molecule has 20 heavy (non-hydrogen) atoms. The van der Waals surface area contributed by atoms with Gasteiger partial charge >= 0.3 is 0 Å². The van der Waals surface area contributed by atoms with Crippen LogP contribution in [0.15, 0.2) is 11.7 Å². The molecule has 0 bridgehead atoms. The third kappa shape index (κ3) is 2.59. The zero-order chi connectivity index (χ0) is 13.9. The Morgan fingerprint density at radius 1 is 1.60 bits per heavy atom. The van der Waals surface area contributed by atoms with Crippen molar-refractivity contribution >= 4 is 17.2 Å². The Morgan fingerprint density at radius 2 is 2.50 bits per heavy atom. The number of nitrogens with one attached hydrogen (secondary N) is 3. The molecule has 0 radical (unpaired) electrons. The highest BCUT2D eigenvalue weighted by molar-refractivity contribution is 7.09. The first-order valence-corrected chi connectivity index (χ1v) is 7.62. The Morgan fingerprint density at radius 3 is 3.30 bits per heavy atom. The van der Waals surface area contributed by atoms with Gasteiger partial charge in [-0.15, -0.1) is 11.3 Å². The van der Waals surface area contributed by atoms with E-state index in [1.165, 1.54) is 0 Å². The lowest BCUT2D eigenvalue weighted by atomic mass is 10.1. The van der Waals surface area contributed by atoms with Crippen molar-refractivity contribution in [1.29, 1.82) is 0 Å². The Bertz CT molecular complexity index is 605. The predicted octanol–water partition coefficient (Wildman–Crippen LogP) is 0.932. The second-order valence-corrected chi connectivity index (χ2v) is 5.65. The van der Waals surface area contributed by atoms with Crippen LogP contribution < -0.4 is 10.6 Å². The number of fused-ring (bicyclic) bond motifs is 1. The molecule has 3 heterocycles. The monoisotopic (exact) mass is 291 g/mol. The average Bonchev–Trinajstić information content (AvgIpc) is 3.12. The second kappa shape index (κ2) is 5.72. The van der Waals surface area contributed by atoms with Crippen LogP contribution in [0.1, 0.15) is 35.1 Å². The van der Waals surface area contributed by atoms with Crippen LogP contribution >= 0.6 is 11.3 Å². The number of aryl methyl sites for hydroxylation is 1. The van der Waals surface area contributed by atoms with E-state index in [2.05, 4.69) is 32.5 Å². The van der Waals surface area contributed by atoms with Crippen molar-refractivity contribution in [3.8, 4) is 0 Å². The Labute approximate surface area is 121 Å². The van der Waals surface area contributed by atoms with Gasteiger partial charge in [0.1, 0.15) is 6.04 Å². The maximum absolute atomic E-state index is 12.3. The number of H-pyrrole nitrogens is 1. The van der Waals surface area contributed by atoms with Gasteiger partial charge in [-0.1, -0.05) is 6.92 Å². The van der Waals surface area contributed by atoms with E-state index in [1.807, 2.05) is 5.38 Å². The minimum Gasteiger partial charge on any atom is -0.349 e. The molecule has 3 N–H and O–H groups in total. The molecule has 6 nitrogen and oxygen atoms in total. The van der Waals surface area contributed by atoms with Crippen molar-refractivity contribution in [2.45, 2.75) is 32.4 Å². The minimum absolute atomic E-state index is 0.0518. The van der Waals surface area contributed by atoms with Crippen LogP contribution in [0.25, 0.3) is 0 Å². The number of imidazole rings is 1. The van der Waals surface area contributed by atoms with E-state index in [4.69, 9.17) is 0 Å². The van der Waals surface area contributed by atoms with Gasteiger partial charge in [0.05, 0.1) is 29.3 Å². The molecule has 1 atom stereocenters. The second-order valence-electron chi connectivity index (χ2n) is 4.71. The lowest BCUT2D eigenvalue weighted by Crippen LogP contribution is -2.41. The van der Waals surface area contributed by atoms with Crippen molar-refractivity contribution < 1.29 is 4.79 Å². The molecule has 0 fully saturated rings. The van der Waals surface area contributed by atoms with Crippen molar-refractivity contribution in [3.05, 3.63) is 33.8 Å². The van der Waals surface area contributed by atoms with Gasteiger partial charge in [-0.05, 0) is 6.42 Å². The number of aromatic nitrogens is 3. The summed E-state index contributed by atoms with van der Waals surface area (Å²) in [6, 6.07) is -0.366. The standard InChI is InChI=1S/C13H17N5OS/c1-2-10-18-8(6-20-10)5-15-13(19)12-11-9(3-4-14-12)16-7-17-11/h6-7,12,14H,2-5H2,1H3,(H,15,19)(H,16,17). The number of hydrogen-bond acceptors (Lipinski definition) is 5. The van der Waals surface area contributed by atoms with Gasteiger partial charge in [0.25, 0.3) is 0 Å². The molecule has 2 aromatic heterocycles. The quantitative estimate of drug-likeness (QED) is 0.782. The number of thiazole rings is 1. The zero-order valence-electron chi connectivity index (χ0n) is 11.3. The van der Waals surface area contributed by atoms with Gasteiger partial charge < -0.3 is 15.6 Å². The highest BCUT2D eigenvalue weighted by Gasteiger charge is 2.28. The summed E-state index contributed by atoms with van der Waals surface area (Å²) in [6.45, 7) is 3.32. The third-order valence-electron chi connectivity index (χ3n) is 3.36. The van der Waals surface area contributed by atoms with Crippen molar-refractivity contribution in [1.82, 2.24) is 25.6 Å². The average molecular weight is 291 g/mol. The molecule has 3 rings (SSSR count). The van der Waals surface area contributed by atoms with Crippen LogP contribution in [0.4, 0.5) is 0 Å². The topological polar surface area (TPSA) is 82.7 Å². The van der Waals surface area contributed by atoms with Crippen LogP contribution in [0.3, 0.4) is 0 Å². The Balaban J connectivity index is 1.63. The summed E-state index contributed by atoms with van der Waals surface area (Å²) in [5.41, 5.74) is 2.77. The van der Waals surface area contributed by atoms with Gasteiger partial charge in [0, 0.05) is 24.0 Å². The zero-order valence-corrected chi connectivity index (χ0v) is 12.1. The van der Waals surface area contributed by atoms with Crippen molar-refractivity contribution in [3.63, 3.8) is 0 Å². The molecule has 0 aliphatic carbocycles. The van der Waals surface area contributed by atoms with Crippen molar-refractivity contribution in [2.24, 2.45) is 0 Å². The molecular formula is C13H17N5OS. The first kappa shape index (κ1) is 13.3. The summed E-state index contributed by atoms with van der Waals surface area (Å²) in [4.78, 5) is 24.0. The lowest BCUT2D eigenvalue weighted by molar-refractivity contribution is -0.123. The largest absolute Gasteiger partial charge is 0.349 e. The van der Waals surface area contributed by atoms with Gasteiger partial charge in [0.15, 0.2) is 0 Å². The van der Waals surface area contributed by atoms with Crippen LogP contribution in [-0.4, -0.2) is 27.4 Å². The van der Waals surface area contributed by atoms with E-state index in [1.54, 1.807) is 17.7 Å². The summed E-state index contributed by atoms with van der Waals surface area (Å²) in [5, 5.41) is 9.22. The molecule has 7 heteroatoms. The van der Waals surface area contributed by atoms with E-state index in [0.29, 0.717) is 6.54 Å². The summed E-state index contributed by atoms with van der Waals surface area (Å²) < 4.78 is 0. The predicted molar refractivity (Wildman–Crippen MR) is 76.4 cm³/mol. The number of nitrogens with zero attached hydrogens (tertiary/aromatic N) is 2. The maximum atomic E-state index is 12.3.